The zero-order chi connectivity index (χ0) is 17.0. The van der Waals surface area contributed by atoms with Crippen LogP contribution < -0.4 is 10.8 Å². The van der Waals surface area contributed by atoms with Crippen molar-refractivity contribution in [3.63, 3.8) is 0 Å². The van der Waals surface area contributed by atoms with Gasteiger partial charge in [-0.15, -0.1) is 0 Å². The fourth-order valence-electron chi connectivity index (χ4n) is 2.02. The maximum absolute atomic E-state index is 11.7. The first-order chi connectivity index (χ1) is 10.7. The van der Waals surface area contributed by atoms with Gasteiger partial charge >= 0.3 is 13.2 Å². The van der Waals surface area contributed by atoms with Crippen molar-refractivity contribution in [3.05, 3.63) is 48.5 Å². The second kappa shape index (κ2) is 6.85. The van der Waals surface area contributed by atoms with Gasteiger partial charge in [0.15, 0.2) is 0 Å². The molecule has 0 saturated carbocycles. The molecule has 0 atom stereocenters. The van der Waals surface area contributed by atoms with E-state index in [2.05, 4.69) is 5.32 Å². The average molecular weight is 313 g/mol. The highest BCUT2D eigenvalue weighted by atomic mass is 16.6. The van der Waals surface area contributed by atoms with Crippen molar-refractivity contribution in [2.24, 2.45) is 0 Å². The molecular weight excluding hydrogens is 293 g/mol. The number of ether oxygens (including phenoxy) is 1. The Morgan fingerprint density at radius 1 is 0.957 bits per heavy atom. The lowest BCUT2D eigenvalue weighted by Gasteiger charge is -2.19. The molecule has 2 aromatic carbocycles. The van der Waals surface area contributed by atoms with Gasteiger partial charge < -0.3 is 14.8 Å². The van der Waals surface area contributed by atoms with Crippen LogP contribution in [0, 0.1) is 0 Å². The van der Waals surface area contributed by atoms with E-state index in [-0.39, 0.29) is 0 Å². The lowest BCUT2D eigenvalue weighted by atomic mass is 9.80. The largest absolute Gasteiger partial charge is 0.488 e. The van der Waals surface area contributed by atoms with E-state index in [1.807, 2.05) is 45.0 Å². The molecule has 0 aliphatic carbocycles. The maximum atomic E-state index is 11.7. The van der Waals surface area contributed by atoms with E-state index >= 15 is 0 Å². The van der Waals surface area contributed by atoms with Crippen molar-refractivity contribution in [2.45, 2.75) is 26.4 Å². The Bertz CT molecular complexity index is 660. The van der Waals surface area contributed by atoms with Crippen LogP contribution in [0.5, 0.6) is 0 Å². The third-order valence-corrected chi connectivity index (χ3v) is 3.07. The number of carbonyl (C=O) groups is 1. The van der Waals surface area contributed by atoms with E-state index in [1.165, 1.54) is 0 Å². The summed E-state index contributed by atoms with van der Waals surface area (Å²) in [6, 6.07) is 14.3. The van der Waals surface area contributed by atoms with E-state index in [1.54, 1.807) is 24.3 Å². The van der Waals surface area contributed by atoms with Crippen molar-refractivity contribution in [1.29, 1.82) is 0 Å². The van der Waals surface area contributed by atoms with Gasteiger partial charge in [-0.05, 0) is 49.5 Å². The molecule has 23 heavy (non-hydrogen) atoms. The standard InChI is InChI=1S/C17H20BNO4/c1-17(2,3)23-16(20)19-15-10-6-13(7-11-15)12-4-8-14(9-5-12)18(21)22/h4-11,21-22H,1-3H3,(H,19,20). The van der Waals surface area contributed by atoms with Crippen molar-refractivity contribution in [3.8, 4) is 11.1 Å². The van der Waals surface area contributed by atoms with Crippen LogP contribution in [0.2, 0.25) is 0 Å². The molecule has 6 heteroatoms. The molecule has 120 valence electrons. The Kier molecular flexibility index (Phi) is 5.08. The van der Waals surface area contributed by atoms with Crippen LogP contribution >= 0.6 is 0 Å². The Balaban J connectivity index is 2.06. The number of benzene rings is 2. The molecule has 0 fully saturated rings. The second-order valence-electron chi connectivity index (χ2n) is 6.20. The van der Waals surface area contributed by atoms with Gasteiger partial charge in [-0.2, -0.15) is 0 Å². The summed E-state index contributed by atoms with van der Waals surface area (Å²) in [5, 5.41) is 20.9. The summed E-state index contributed by atoms with van der Waals surface area (Å²) in [6.45, 7) is 5.42. The smallest absolute Gasteiger partial charge is 0.444 e. The highest BCUT2D eigenvalue weighted by Crippen LogP contribution is 2.21. The summed E-state index contributed by atoms with van der Waals surface area (Å²) in [6.07, 6.45) is -0.494. The van der Waals surface area contributed by atoms with E-state index in [4.69, 9.17) is 14.8 Å². The van der Waals surface area contributed by atoms with Gasteiger partial charge in [0.2, 0.25) is 0 Å². The molecule has 0 radical (unpaired) electrons. The molecule has 0 saturated heterocycles. The van der Waals surface area contributed by atoms with Crippen LogP contribution in [-0.4, -0.2) is 28.9 Å². The van der Waals surface area contributed by atoms with E-state index in [9.17, 15) is 4.79 Å². The molecule has 0 bridgehead atoms. The van der Waals surface area contributed by atoms with Crippen molar-refractivity contribution in [1.82, 2.24) is 0 Å². The molecule has 0 aliphatic rings. The molecular formula is C17H20BNO4. The minimum absolute atomic E-state index is 0.442. The monoisotopic (exact) mass is 313 g/mol. The average Bonchev–Trinajstić information content (AvgIpc) is 2.46. The Hall–Kier alpha value is -2.31. The zero-order valence-electron chi connectivity index (χ0n) is 13.4. The van der Waals surface area contributed by atoms with Gasteiger partial charge in [0, 0.05) is 5.69 Å². The molecule has 2 rings (SSSR count). The summed E-state index contributed by atoms with van der Waals surface area (Å²) in [5.74, 6) is 0. The highest BCUT2D eigenvalue weighted by Gasteiger charge is 2.16. The van der Waals surface area contributed by atoms with Crippen LogP contribution in [0.25, 0.3) is 11.1 Å². The van der Waals surface area contributed by atoms with Gasteiger partial charge in [-0.3, -0.25) is 5.32 Å². The van der Waals surface area contributed by atoms with E-state index in [0.29, 0.717) is 11.2 Å². The number of rotatable bonds is 3. The van der Waals surface area contributed by atoms with Gasteiger partial charge in [0.25, 0.3) is 0 Å². The zero-order valence-corrected chi connectivity index (χ0v) is 13.4. The van der Waals surface area contributed by atoms with Crippen LogP contribution in [0.15, 0.2) is 48.5 Å². The predicted molar refractivity (Wildman–Crippen MR) is 91.6 cm³/mol. The summed E-state index contributed by atoms with van der Waals surface area (Å²) >= 11 is 0. The molecule has 0 aromatic heterocycles. The molecule has 5 nitrogen and oxygen atoms in total. The molecule has 2 aromatic rings. The third-order valence-electron chi connectivity index (χ3n) is 3.07. The lowest BCUT2D eigenvalue weighted by Crippen LogP contribution is -2.29. The number of anilines is 1. The fraction of sp³-hybridized carbons (Fsp3) is 0.235. The van der Waals surface area contributed by atoms with E-state index < -0.39 is 18.8 Å². The molecule has 0 unspecified atom stereocenters. The minimum Gasteiger partial charge on any atom is -0.444 e. The quantitative estimate of drug-likeness (QED) is 0.760. The van der Waals surface area contributed by atoms with Gasteiger partial charge in [0.1, 0.15) is 5.60 Å². The molecule has 0 aliphatic heterocycles. The van der Waals surface area contributed by atoms with Crippen LogP contribution in [-0.2, 0) is 4.74 Å². The summed E-state index contributed by atoms with van der Waals surface area (Å²) in [7, 11) is -1.47. The summed E-state index contributed by atoms with van der Waals surface area (Å²) in [5.41, 5.74) is 2.45. The van der Waals surface area contributed by atoms with Crippen molar-refractivity contribution < 1.29 is 19.6 Å². The van der Waals surface area contributed by atoms with Crippen molar-refractivity contribution in [2.75, 3.05) is 5.32 Å². The Morgan fingerprint density at radius 2 is 1.43 bits per heavy atom. The first-order valence-electron chi connectivity index (χ1n) is 7.31. The number of hydrogen-bond acceptors (Lipinski definition) is 4. The van der Waals surface area contributed by atoms with Crippen LogP contribution in [0.4, 0.5) is 10.5 Å². The first kappa shape index (κ1) is 17.1. The van der Waals surface area contributed by atoms with Gasteiger partial charge in [0.05, 0.1) is 0 Å². The fourth-order valence-corrected chi connectivity index (χ4v) is 2.02. The number of hydrogen-bond donors (Lipinski definition) is 3. The molecule has 0 spiro atoms. The maximum Gasteiger partial charge on any atom is 0.488 e. The second-order valence-corrected chi connectivity index (χ2v) is 6.20. The molecule has 0 heterocycles. The Labute approximate surface area is 136 Å². The molecule has 3 N–H and O–H groups in total. The van der Waals surface area contributed by atoms with Gasteiger partial charge in [-0.1, -0.05) is 36.4 Å². The number of carbonyl (C=O) groups excluding carboxylic acids is 1. The minimum atomic E-state index is -1.47. The van der Waals surface area contributed by atoms with E-state index in [0.717, 1.165) is 11.1 Å². The van der Waals surface area contributed by atoms with Crippen LogP contribution in [0.3, 0.4) is 0 Å². The van der Waals surface area contributed by atoms with Crippen LogP contribution in [0.1, 0.15) is 20.8 Å². The lowest BCUT2D eigenvalue weighted by molar-refractivity contribution is 0.0636. The summed E-state index contributed by atoms with van der Waals surface area (Å²) < 4.78 is 5.19. The number of nitrogens with one attached hydrogen (secondary N) is 1. The third kappa shape index (κ3) is 5.12. The summed E-state index contributed by atoms with van der Waals surface area (Å²) in [4.78, 5) is 11.7. The van der Waals surface area contributed by atoms with Gasteiger partial charge in [-0.25, -0.2) is 4.79 Å². The predicted octanol–water partition coefficient (Wildman–Crippen LogP) is 2.38. The SMILES string of the molecule is CC(C)(C)OC(=O)Nc1ccc(-c2ccc(B(O)O)cc2)cc1. The normalized spacial score (nSPS) is 11.0. The topological polar surface area (TPSA) is 78.8 Å². The Morgan fingerprint density at radius 3 is 1.87 bits per heavy atom. The first-order valence-corrected chi connectivity index (χ1v) is 7.31. The highest BCUT2D eigenvalue weighted by molar-refractivity contribution is 6.58. The number of amides is 1. The molecule has 1 amide bonds. The van der Waals surface area contributed by atoms with Crippen molar-refractivity contribution >= 4 is 24.4 Å².